The first-order chi connectivity index (χ1) is 12.9. The van der Waals surface area contributed by atoms with Crippen LogP contribution in [0.25, 0.3) is 0 Å². The Bertz CT molecular complexity index is 834. The van der Waals surface area contributed by atoms with Gasteiger partial charge >= 0.3 is 6.03 Å². The minimum atomic E-state index is -0.430. The number of nitrogens with one attached hydrogen (secondary N) is 1. The third-order valence-electron chi connectivity index (χ3n) is 4.33. The number of pyridine rings is 1. The summed E-state index contributed by atoms with van der Waals surface area (Å²) in [7, 11) is 0. The van der Waals surface area contributed by atoms with Gasteiger partial charge in [-0.3, -0.25) is 5.32 Å². The summed E-state index contributed by atoms with van der Waals surface area (Å²) < 4.78 is 24.5. The summed E-state index contributed by atoms with van der Waals surface area (Å²) in [6.45, 7) is 5.22. The van der Waals surface area contributed by atoms with Crippen molar-refractivity contribution in [1.29, 1.82) is 0 Å². The van der Waals surface area contributed by atoms with Crippen LogP contribution in [0.1, 0.15) is 11.3 Å². The van der Waals surface area contributed by atoms with Gasteiger partial charge in [-0.2, -0.15) is 0 Å². The van der Waals surface area contributed by atoms with Crippen molar-refractivity contribution in [3.8, 4) is 5.75 Å². The second-order valence-electron chi connectivity index (χ2n) is 6.35. The van der Waals surface area contributed by atoms with Crippen LogP contribution in [0.2, 0.25) is 5.02 Å². The molecule has 0 aliphatic carbocycles. The quantitative estimate of drug-likeness (QED) is 0.858. The molecular formula is C19H21ClFN3O3. The molecule has 3 rings (SSSR count). The first-order valence-electron chi connectivity index (χ1n) is 8.62. The summed E-state index contributed by atoms with van der Waals surface area (Å²) in [6, 6.07) is 7.36. The van der Waals surface area contributed by atoms with Crippen LogP contribution in [-0.2, 0) is 4.74 Å². The van der Waals surface area contributed by atoms with Crippen LogP contribution in [0.3, 0.4) is 0 Å². The van der Waals surface area contributed by atoms with Gasteiger partial charge in [0.1, 0.15) is 30.1 Å². The standard InChI is InChI=1S/C19H21ClFN3O3/c1-12-3-6-18(22-13(12)2)23-19(25)24-7-8-26-15(10-24)11-27-17-9-14(21)4-5-16(17)20/h3-6,9,15H,7-8,10-11H2,1-2H3,(H,22,23,25). The number of amides is 2. The molecule has 0 saturated carbocycles. The van der Waals surface area contributed by atoms with Crippen molar-refractivity contribution in [2.75, 3.05) is 31.6 Å². The lowest BCUT2D eigenvalue weighted by molar-refractivity contribution is -0.0337. The van der Waals surface area contributed by atoms with Gasteiger partial charge in [-0.1, -0.05) is 17.7 Å². The molecule has 2 amide bonds. The normalized spacial score (nSPS) is 16.9. The van der Waals surface area contributed by atoms with E-state index in [9.17, 15) is 9.18 Å². The summed E-state index contributed by atoms with van der Waals surface area (Å²) in [4.78, 5) is 18.5. The highest BCUT2D eigenvalue weighted by atomic mass is 35.5. The van der Waals surface area contributed by atoms with Gasteiger partial charge in [-0.15, -0.1) is 0 Å². The molecule has 1 aromatic carbocycles. The molecule has 1 atom stereocenters. The Labute approximate surface area is 162 Å². The highest BCUT2D eigenvalue weighted by Crippen LogP contribution is 2.25. The van der Waals surface area contributed by atoms with E-state index in [1.807, 2.05) is 19.9 Å². The van der Waals surface area contributed by atoms with Crippen LogP contribution in [0.4, 0.5) is 15.0 Å². The van der Waals surface area contributed by atoms with Crippen molar-refractivity contribution in [2.24, 2.45) is 0 Å². The average Bonchev–Trinajstić information content (AvgIpc) is 2.65. The number of aromatic nitrogens is 1. The van der Waals surface area contributed by atoms with Crippen molar-refractivity contribution in [3.05, 3.63) is 52.4 Å². The molecular weight excluding hydrogens is 373 g/mol. The molecule has 0 spiro atoms. The van der Waals surface area contributed by atoms with E-state index in [-0.39, 0.29) is 24.5 Å². The van der Waals surface area contributed by atoms with Crippen molar-refractivity contribution in [1.82, 2.24) is 9.88 Å². The number of halogens is 2. The van der Waals surface area contributed by atoms with Crippen LogP contribution >= 0.6 is 11.6 Å². The lowest BCUT2D eigenvalue weighted by atomic mass is 10.2. The Kier molecular flexibility index (Phi) is 6.13. The summed E-state index contributed by atoms with van der Waals surface area (Å²) >= 11 is 5.99. The maximum Gasteiger partial charge on any atom is 0.323 e. The first-order valence-corrected chi connectivity index (χ1v) is 9.00. The number of nitrogens with zero attached hydrogens (tertiary/aromatic N) is 2. The number of anilines is 1. The van der Waals surface area contributed by atoms with Crippen LogP contribution in [-0.4, -0.2) is 48.3 Å². The van der Waals surface area contributed by atoms with Crippen molar-refractivity contribution in [2.45, 2.75) is 20.0 Å². The van der Waals surface area contributed by atoms with Gasteiger partial charge in [0.05, 0.1) is 18.2 Å². The van der Waals surface area contributed by atoms with Crippen LogP contribution in [0, 0.1) is 19.7 Å². The minimum Gasteiger partial charge on any atom is -0.489 e. The molecule has 1 aromatic heterocycles. The number of morpholine rings is 1. The van der Waals surface area contributed by atoms with Crippen molar-refractivity contribution < 1.29 is 18.7 Å². The third-order valence-corrected chi connectivity index (χ3v) is 4.64. The Morgan fingerprint density at radius 2 is 2.22 bits per heavy atom. The molecule has 1 fully saturated rings. The number of rotatable bonds is 4. The SMILES string of the molecule is Cc1ccc(NC(=O)N2CCOC(COc3cc(F)ccc3Cl)C2)nc1C. The van der Waals surface area contributed by atoms with Gasteiger partial charge in [0, 0.05) is 18.3 Å². The third kappa shape index (κ3) is 5.08. The van der Waals surface area contributed by atoms with Gasteiger partial charge in [0.15, 0.2) is 0 Å². The molecule has 1 unspecified atom stereocenters. The summed E-state index contributed by atoms with van der Waals surface area (Å²) in [5.41, 5.74) is 1.93. The second kappa shape index (κ2) is 8.54. The molecule has 1 saturated heterocycles. The molecule has 27 heavy (non-hydrogen) atoms. The Balaban J connectivity index is 1.56. The van der Waals surface area contributed by atoms with Crippen molar-refractivity contribution in [3.63, 3.8) is 0 Å². The van der Waals surface area contributed by atoms with E-state index in [1.54, 1.807) is 11.0 Å². The van der Waals surface area contributed by atoms with E-state index in [4.69, 9.17) is 21.1 Å². The number of hydrogen-bond donors (Lipinski definition) is 1. The predicted octanol–water partition coefficient (Wildman–Crippen LogP) is 3.80. The molecule has 2 aromatic rings. The van der Waals surface area contributed by atoms with Crippen LogP contribution in [0.5, 0.6) is 5.75 Å². The molecule has 1 aliphatic rings. The fourth-order valence-electron chi connectivity index (χ4n) is 2.66. The molecule has 1 N–H and O–H groups in total. The van der Waals surface area contributed by atoms with Gasteiger partial charge in [-0.05, 0) is 37.6 Å². The molecule has 0 radical (unpaired) electrons. The van der Waals surface area contributed by atoms with E-state index in [1.165, 1.54) is 18.2 Å². The molecule has 0 bridgehead atoms. The fourth-order valence-corrected chi connectivity index (χ4v) is 2.84. The number of benzene rings is 1. The van der Waals surface area contributed by atoms with E-state index in [0.717, 1.165) is 11.3 Å². The zero-order valence-electron chi connectivity index (χ0n) is 15.2. The lowest BCUT2D eigenvalue weighted by Gasteiger charge is -2.32. The zero-order chi connectivity index (χ0) is 19.4. The number of urea groups is 1. The van der Waals surface area contributed by atoms with E-state index in [2.05, 4.69) is 10.3 Å². The summed E-state index contributed by atoms with van der Waals surface area (Å²) in [5.74, 6) is 0.330. The minimum absolute atomic E-state index is 0.162. The van der Waals surface area contributed by atoms with Gasteiger partial charge in [0.25, 0.3) is 0 Å². The van der Waals surface area contributed by atoms with Gasteiger partial charge in [-0.25, -0.2) is 14.2 Å². The molecule has 2 heterocycles. The number of ether oxygens (including phenoxy) is 2. The topological polar surface area (TPSA) is 63.7 Å². The van der Waals surface area contributed by atoms with E-state index >= 15 is 0 Å². The highest BCUT2D eigenvalue weighted by molar-refractivity contribution is 6.32. The van der Waals surface area contributed by atoms with Crippen LogP contribution < -0.4 is 10.1 Å². The number of carbonyl (C=O) groups is 1. The smallest absolute Gasteiger partial charge is 0.323 e. The van der Waals surface area contributed by atoms with Gasteiger partial charge in [0.2, 0.25) is 0 Å². The largest absolute Gasteiger partial charge is 0.489 e. The average molecular weight is 394 g/mol. The van der Waals surface area contributed by atoms with Crippen molar-refractivity contribution >= 4 is 23.4 Å². The maximum atomic E-state index is 13.3. The molecule has 6 nitrogen and oxygen atoms in total. The number of hydrogen-bond acceptors (Lipinski definition) is 4. The Morgan fingerprint density at radius 1 is 1.41 bits per heavy atom. The molecule has 144 valence electrons. The zero-order valence-corrected chi connectivity index (χ0v) is 15.9. The fraction of sp³-hybridized carbons (Fsp3) is 0.368. The second-order valence-corrected chi connectivity index (χ2v) is 6.76. The Hall–Kier alpha value is -2.38. The number of aryl methyl sites for hydroxylation is 2. The summed E-state index contributed by atoms with van der Waals surface area (Å²) in [5, 5.41) is 3.12. The lowest BCUT2D eigenvalue weighted by Crippen LogP contribution is -2.49. The number of carbonyl (C=O) groups excluding carboxylic acids is 1. The van der Waals surface area contributed by atoms with E-state index < -0.39 is 5.82 Å². The Morgan fingerprint density at radius 3 is 3.00 bits per heavy atom. The van der Waals surface area contributed by atoms with Crippen LogP contribution in [0.15, 0.2) is 30.3 Å². The highest BCUT2D eigenvalue weighted by Gasteiger charge is 2.25. The first kappa shape index (κ1) is 19.4. The molecule has 8 heteroatoms. The van der Waals surface area contributed by atoms with Gasteiger partial charge < -0.3 is 14.4 Å². The molecule has 1 aliphatic heterocycles. The summed E-state index contributed by atoms with van der Waals surface area (Å²) in [6.07, 6.45) is -0.337. The van der Waals surface area contributed by atoms with E-state index in [0.29, 0.717) is 30.5 Å². The monoisotopic (exact) mass is 393 g/mol. The maximum absolute atomic E-state index is 13.3. The predicted molar refractivity (Wildman–Crippen MR) is 101 cm³/mol.